The zero-order valence-corrected chi connectivity index (χ0v) is 31.0. The van der Waals surface area contributed by atoms with Crippen LogP contribution in [0.4, 0.5) is 20.2 Å². The van der Waals surface area contributed by atoms with E-state index in [0.29, 0.717) is 12.3 Å². The summed E-state index contributed by atoms with van der Waals surface area (Å²) in [6.45, 7) is 10.2. The van der Waals surface area contributed by atoms with Gasteiger partial charge in [-0.2, -0.15) is 10.2 Å². The van der Waals surface area contributed by atoms with Gasteiger partial charge in [0.2, 0.25) is 5.79 Å². The molecule has 0 bridgehead atoms. The molecule has 0 N–H and O–H groups in total. The van der Waals surface area contributed by atoms with Crippen LogP contribution in [0.15, 0.2) is 90.5 Å². The van der Waals surface area contributed by atoms with E-state index in [1.165, 1.54) is 34.2 Å². The average molecular weight is 749 g/mol. The third-order valence-corrected chi connectivity index (χ3v) is 9.98. The highest BCUT2D eigenvalue weighted by atomic mass is 31.0. The van der Waals surface area contributed by atoms with E-state index in [-0.39, 0.29) is 42.5 Å². The van der Waals surface area contributed by atoms with Crippen LogP contribution in [0, 0.1) is 17.0 Å². The summed E-state index contributed by atoms with van der Waals surface area (Å²) >= 11 is 0. The van der Waals surface area contributed by atoms with E-state index in [4.69, 9.17) is 18.7 Å². The van der Waals surface area contributed by atoms with Crippen molar-refractivity contribution in [1.82, 2.24) is 29.1 Å². The third kappa shape index (κ3) is 8.13. The van der Waals surface area contributed by atoms with Gasteiger partial charge < -0.3 is 28.5 Å². The zero-order chi connectivity index (χ0) is 37.2. The van der Waals surface area contributed by atoms with Crippen molar-refractivity contribution in [2.75, 3.05) is 49.2 Å². The highest BCUT2D eigenvalue weighted by molar-refractivity contribution is 7.09. The lowest BCUT2D eigenvalue weighted by Gasteiger charge is -2.37. The summed E-state index contributed by atoms with van der Waals surface area (Å²) in [5, 5.41) is 8.43. The predicted molar refractivity (Wildman–Crippen MR) is 197 cm³/mol. The minimum Gasteiger partial charge on any atom is -0.491 e. The van der Waals surface area contributed by atoms with Crippen LogP contribution >= 0.6 is 9.47 Å². The number of aromatic nitrogens is 6. The molecule has 0 spiro atoms. The topological polar surface area (TPSA) is 114 Å². The number of ether oxygens (including phenoxy) is 3. The van der Waals surface area contributed by atoms with Crippen LogP contribution in [-0.2, 0) is 32.9 Å². The molecule has 2 fully saturated rings. The van der Waals surface area contributed by atoms with Crippen molar-refractivity contribution in [3.05, 3.63) is 113 Å². The van der Waals surface area contributed by atoms with Crippen LogP contribution in [0.5, 0.6) is 5.75 Å². The number of piperazine rings is 1. The SMILES string of the molecule is CC(C)(C)C(Cn1ncn(-c2ccc(N3CCN(c4ccc(OCC5COC(Cn6cncn6)(c6ccc(F)cc6F)O5)cc4)CC3)cc2)c1=O)OP. The first-order chi connectivity index (χ1) is 25.5. The molecule has 7 rings (SSSR count). The molecule has 13 nitrogen and oxygen atoms in total. The lowest BCUT2D eigenvalue weighted by molar-refractivity contribution is -0.192. The Labute approximate surface area is 308 Å². The van der Waals surface area contributed by atoms with E-state index in [2.05, 4.69) is 55.2 Å². The molecule has 0 saturated carbocycles. The first kappa shape index (κ1) is 36.7. The van der Waals surface area contributed by atoms with Gasteiger partial charge in [-0.25, -0.2) is 32.5 Å². The third-order valence-electron chi connectivity index (χ3n) is 9.65. The molecule has 16 heteroatoms. The zero-order valence-electron chi connectivity index (χ0n) is 29.8. The van der Waals surface area contributed by atoms with Gasteiger partial charge in [-0.15, -0.1) is 0 Å². The quantitative estimate of drug-likeness (QED) is 0.165. The molecule has 0 radical (unpaired) electrons. The fraction of sp³-hybridized carbons (Fsp3) is 0.405. The second-order valence-electron chi connectivity index (χ2n) is 14.3. The summed E-state index contributed by atoms with van der Waals surface area (Å²) in [6, 6.07) is 19.2. The Morgan fingerprint density at radius 2 is 1.58 bits per heavy atom. The van der Waals surface area contributed by atoms with Gasteiger partial charge in [-0.05, 0) is 66.1 Å². The fourth-order valence-electron chi connectivity index (χ4n) is 6.59. The van der Waals surface area contributed by atoms with E-state index in [1.807, 2.05) is 48.5 Å². The Kier molecular flexibility index (Phi) is 10.6. The molecule has 3 aromatic carbocycles. The molecule has 4 atom stereocenters. The van der Waals surface area contributed by atoms with Gasteiger partial charge in [0.1, 0.15) is 55.6 Å². The Morgan fingerprint density at radius 3 is 2.19 bits per heavy atom. The van der Waals surface area contributed by atoms with E-state index < -0.39 is 23.5 Å². The standard InChI is InChI=1S/C37H43F2N8O5P/c1-36(2,3)34(52-53)19-47-35(48)46(25-42-47)29-7-5-27(6-8-29)43-14-16-44(17-15-43)28-9-11-30(12-10-28)49-20-31-21-50-37(51-31,22-45-24-40-23-41-45)32-13-4-26(38)18-33(32)39/h4-13,18,23-25,31,34H,14-17,19-22,53H2,1-3H3. The van der Waals surface area contributed by atoms with Gasteiger partial charge in [0.05, 0.1) is 24.9 Å². The summed E-state index contributed by atoms with van der Waals surface area (Å²) in [5.41, 5.74) is 2.65. The Balaban J connectivity index is 0.913. The first-order valence-electron chi connectivity index (χ1n) is 17.4. The molecule has 0 amide bonds. The second kappa shape index (κ2) is 15.3. The molecule has 0 aliphatic carbocycles. The van der Waals surface area contributed by atoms with Gasteiger partial charge >= 0.3 is 5.69 Å². The van der Waals surface area contributed by atoms with Crippen LogP contribution in [-0.4, -0.2) is 80.7 Å². The number of benzene rings is 3. The van der Waals surface area contributed by atoms with Crippen molar-refractivity contribution in [3.8, 4) is 11.4 Å². The predicted octanol–water partition coefficient (Wildman–Crippen LogP) is 4.80. The van der Waals surface area contributed by atoms with Crippen LogP contribution in [0.2, 0.25) is 0 Å². The molecule has 4 heterocycles. The number of nitrogens with zero attached hydrogens (tertiary/aromatic N) is 8. The second-order valence-corrected chi connectivity index (χ2v) is 14.5. The maximum absolute atomic E-state index is 14.9. The monoisotopic (exact) mass is 748 g/mol. The van der Waals surface area contributed by atoms with Crippen molar-refractivity contribution in [2.24, 2.45) is 5.41 Å². The molecular formula is C37H43F2N8O5P. The molecule has 5 aromatic rings. The number of anilines is 2. The van der Waals surface area contributed by atoms with E-state index >= 15 is 0 Å². The van der Waals surface area contributed by atoms with Crippen molar-refractivity contribution >= 4 is 20.8 Å². The maximum atomic E-state index is 14.9. The summed E-state index contributed by atoms with van der Waals surface area (Å²) < 4.78 is 56.9. The summed E-state index contributed by atoms with van der Waals surface area (Å²) in [5.74, 6) is -2.32. The van der Waals surface area contributed by atoms with E-state index in [1.54, 1.807) is 10.9 Å². The molecule has 2 aliphatic rings. The van der Waals surface area contributed by atoms with Gasteiger partial charge in [0.15, 0.2) is 0 Å². The lowest BCUT2D eigenvalue weighted by atomic mass is 9.89. The smallest absolute Gasteiger partial charge is 0.350 e. The number of hydrogen-bond donors (Lipinski definition) is 0. The lowest BCUT2D eigenvalue weighted by Crippen LogP contribution is -2.46. The van der Waals surface area contributed by atoms with Crippen molar-refractivity contribution in [1.29, 1.82) is 0 Å². The van der Waals surface area contributed by atoms with Crippen molar-refractivity contribution in [3.63, 3.8) is 0 Å². The average Bonchev–Trinajstić information content (AvgIpc) is 3.91. The largest absolute Gasteiger partial charge is 0.491 e. The van der Waals surface area contributed by atoms with Crippen LogP contribution in [0.3, 0.4) is 0 Å². The van der Waals surface area contributed by atoms with Gasteiger partial charge in [-0.1, -0.05) is 20.8 Å². The Bertz CT molecular complexity index is 2030. The number of halogens is 2. The molecule has 2 aromatic heterocycles. The molecule has 280 valence electrons. The number of hydrogen-bond acceptors (Lipinski definition) is 10. The number of rotatable bonds is 12. The fourth-order valence-corrected chi connectivity index (χ4v) is 7.08. The van der Waals surface area contributed by atoms with Gasteiger partial charge in [0, 0.05) is 58.7 Å². The van der Waals surface area contributed by atoms with Crippen LogP contribution < -0.4 is 20.2 Å². The first-order valence-corrected chi connectivity index (χ1v) is 17.9. The van der Waals surface area contributed by atoms with Crippen molar-refractivity contribution in [2.45, 2.75) is 51.9 Å². The Hall–Kier alpha value is -4.69. The van der Waals surface area contributed by atoms with Crippen molar-refractivity contribution < 1.29 is 27.5 Å². The molecular weight excluding hydrogens is 705 g/mol. The summed E-state index contributed by atoms with van der Waals surface area (Å²) in [6.07, 6.45) is 3.70. The minimum atomic E-state index is -1.52. The minimum absolute atomic E-state index is 0.0284. The van der Waals surface area contributed by atoms with Gasteiger partial charge in [-0.3, -0.25) is 0 Å². The highest BCUT2D eigenvalue weighted by Gasteiger charge is 2.46. The molecule has 2 saturated heterocycles. The van der Waals surface area contributed by atoms with Crippen LogP contribution in [0.1, 0.15) is 26.3 Å². The maximum Gasteiger partial charge on any atom is 0.350 e. The highest BCUT2D eigenvalue weighted by Crippen LogP contribution is 2.38. The molecule has 53 heavy (non-hydrogen) atoms. The van der Waals surface area contributed by atoms with E-state index in [9.17, 15) is 13.6 Å². The Morgan fingerprint density at radius 1 is 0.925 bits per heavy atom. The van der Waals surface area contributed by atoms with Crippen LogP contribution in [0.25, 0.3) is 5.69 Å². The normalized spacial score (nSPS) is 19.8. The summed E-state index contributed by atoms with van der Waals surface area (Å²) in [7, 11) is 2.30. The molecule has 4 unspecified atom stereocenters. The summed E-state index contributed by atoms with van der Waals surface area (Å²) in [4.78, 5) is 21.7. The molecule has 2 aliphatic heterocycles. The van der Waals surface area contributed by atoms with Gasteiger partial charge in [0.25, 0.3) is 0 Å². The van der Waals surface area contributed by atoms with E-state index in [0.717, 1.165) is 49.3 Å².